The summed E-state index contributed by atoms with van der Waals surface area (Å²) in [6, 6.07) is 2.10. The van der Waals surface area contributed by atoms with E-state index in [4.69, 9.17) is 14.7 Å². The van der Waals surface area contributed by atoms with Crippen molar-refractivity contribution in [1.82, 2.24) is 4.90 Å². The largest absolute Gasteiger partial charge is 0.389 e. The normalized spacial score (nSPS) is 12.7. The molecule has 0 aromatic carbocycles. The summed E-state index contributed by atoms with van der Waals surface area (Å²) >= 11 is 0. The van der Waals surface area contributed by atoms with E-state index in [1.54, 1.807) is 7.11 Å². The number of rotatable bonds is 10. The van der Waals surface area contributed by atoms with Gasteiger partial charge >= 0.3 is 0 Å². The Bertz CT molecular complexity index is 194. The molecule has 1 atom stereocenters. The van der Waals surface area contributed by atoms with E-state index >= 15 is 0 Å². The van der Waals surface area contributed by atoms with Gasteiger partial charge in [0.15, 0.2) is 0 Å². The smallest absolute Gasteiger partial charge is 0.0900 e. The fourth-order valence-electron chi connectivity index (χ4n) is 1.33. The van der Waals surface area contributed by atoms with Gasteiger partial charge in [0.25, 0.3) is 0 Å². The van der Waals surface area contributed by atoms with Gasteiger partial charge in [0.1, 0.15) is 0 Å². The number of aliphatic hydroxyl groups excluding tert-OH is 1. The minimum absolute atomic E-state index is 0.340. The SMILES string of the molecule is CCOCC(O)CN(CCC#N)CCOC. The summed E-state index contributed by atoms with van der Waals surface area (Å²) < 4.78 is 10.1. The van der Waals surface area contributed by atoms with Gasteiger partial charge in [-0.3, -0.25) is 4.90 Å². The second kappa shape index (κ2) is 10.8. The van der Waals surface area contributed by atoms with Crippen molar-refractivity contribution < 1.29 is 14.6 Å². The number of hydrogen-bond acceptors (Lipinski definition) is 5. The molecule has 0 spiro atoms. The molecular formula is C11H22N2O3. The van der Waals surface area contributed by atoms with Gasteiger partial charge in [-0.25, -0.2) is 0 Å². The van der Waals surface area contributed by atoms with E-state index < -0.39 is 6.10 Å². The number of hydrogen-bond donors (Lipinski definition) is 1. The first kappa shape index (κ1) is 15.3. The van der Waals surface area contributed by atoms with Crippen molar-refractivity contribution in [2.45, 2.75) is 19.4 Å². The maximum atomic E-state index is 9.66. The highest BCUT2D eigenvalue weighted by Crippen LogP contribution is 1.96. The Hall–Kier alpha value is -0.670. The molecule has 1 unspecified atom stereocenters. The molecule has 0 radical (unpaired) electrons. The van der Waals surface area contributed by atoms with Gasteiger partial charge in [-0.15, -0.1) is 0 Å². The summed E-state index contributed by atoms with van der Waals surface area (Å²) in [6.07, 6.45) is -0.0408. The van der Waals surface area contributed by atoms with E-state index in [-0.39, 0.29) is 0 Å². The zero-order valence-corrected chi connectivity index (χ0v) is 10.2. The Morgan fingerprint density at radius 2 is 2.19 bits per heavy atom. The quantitative estimate of drug-likeness (QED) is 0.582. The average molecular weight is 230 g/mol. The van der Waals surface area contributed by atoms with E-state index in [1.165, 1.54) is 0 Å². The predicted octanol–water partition coefficient (Wildman–Crippen LogP) is 0.246. The first-order valence-electron chi connectivity index (χ1n) is 5.58. The number of nitrogens with zero attached hydrogens (tertiary/aromatic N) is 2. The minimum Gasteiger partial charge on any atom is -0.389 e. The molecule has 0 fully saturated rings. The first-order valence-corrected chi connectivity index (χ1v) is 5.58. The Kier molecular flexibility index (Phi) is 10.4. The maximum Gasteiger partial charge on any atom is 0.0900 e. The Morgan fingerprint density at radius 3 is 2.75 bits per heavy atom. The Balaban J connectivity index is 3.83. The highest BCUT2D eigenvalue weighted by atomic mass is 16.5. The van der Waals surface area contributed by atoms with Gasteiger partial charge in [0.05, 0.1) is 25.4 Å². The molecule has 16 heavy (non-hydrogen) atoms. The average Bonchev–Trinajstić information content (AvgIpc) is 2.30. The van der Waals surface area contributed by atoms with Crippen molar-refractivity contribution in [3.8, 4) is 6.07 Å². The second-order valence-electron chi connectivity index (χ2n) is 3.51. The molecule has 0 aromatic heterocycles. The molecule has 0 aliphatic carbocycles. The van der Waals surface area contributed by atoms with Crippen LogP contribution >= 0.6 is 0 Å². The maximum absolute atomic E-state index is 9.66. The molecule has 5 nitrogen and oxygen atoms in total. The topological polar surface area (TPSA) is 65.7 Å². The lowest BCUT2D eigenvalue weighted by Gasteiger charge is -2.23. The molecule has 0 bridgehead atoms. The second-order valence-corrected chi connectivity index (χ2v) is 3.51. The van der Waals surface area contributed by atoms with Crippen LogP contribution in [0.3, 0.4) is 0 Å². The van der Waals surface area contributed by atoms with Crippen molar-refractivity contribution in [2.24, 2.45) is 0 Å². The Labute approximate surface area is 97.6 Å². The van der Waals surface area contributed by atoms with Crippen molar-refractivity contribution in [3.05, 3.63) is 0 Å². The fourth-order valence-corrected chi connectivity index (χ4v) is 1.33. The number of methoxy groups -OCH3 is 1. The molecule has 0 saturated carbocycles. The zero-order chi connectivity index (χ0) is 12.2. The number of aliphatic hydroxyl groups is 1. The summed E-state index contributed by atoms with van der Waals surface area (Å²) in [5.74, 6) is 0. The lowest BCUT2D eigenvalue weighted by Crippen LogP contribution is -2.37. The molecule has 0 aliphatic rings. The molecule has 5 heteroatoms. The van der Waals surface area contributed by atoms with Crippen LogP contribution in [0.5, 0.6) is 0 Å². The van der Waals surface area contributed by atoms with Crippen molar-refractivity contribution in [2.75, 3.05) is 46.6 Å². The van der Waals surface area contributed by atoms with Gasteiger partial charge in [-0.05, 0) is 6.92 Å². The monoisotopic (exact) mass is 230 g/mol. The van der Waals surface area contributed by atoms with Gasteiger partial charge in [0.2, 0.25) is 0 Å². The molecule has 0 aliphatic heterocycles. The molecule has 0 aromatic rings. The third-order valence-electron chi connectivity index (χ3n) is 2.13. The van der Waals surface area contributed by atoms with Gasteiger partial charge in [-0.1, -0.05) is 0 Å². The van der Waals surface area contributed by atoms with Crippen LogP contribution in [-0.4, -0.2) is 62.7 Å². The highest BCUT2D eigenvalue weighted by molar-refractivity contribution is 4.73. The minimum atomic E-state index is -0.504. The molecule has 0 amide bonds. The summed E-state index contributed by atoms with van der Waals surface area (Å²) in [6.45, 7) is 5.34. The van der Waals surface area contributed by atoms with Crippen molar-refractivity contribution >= 4 is 0 Å². The lowest BCUT2D eigenvalue weighted by molar-refractivity contribution is 0.0171. The van der Waals surface area contributed by atoms with E-state index in [0.717, 1.165) is 6.54 Å². The van der Waals surface area contributed by atoms with Crippen LogP contribution in [-0.2, 0) is 9.47 Å². The lowest BCUT2D eigenvalue weighted by atomic mass is 10.3. The molecule has 0 heterocycles. The zero-order valence-electron chi connectivity index (χ0n) is 10.2. The number of ether oxygens (including phenoxy) is 2. The summed E-state index contributed by atoms with van der Waals surface area (Å²) in [4.78, 5) is 2.01. The van der Waals surface area contributed by atoms with E-state index in [2.05, 4.69) is 6.07 Å². The fraction of sp³-hybridized carbons (Fsp3) is 0.909. The molecule has 94 valence electrons. The van der Waals surface area contributed by atoms with E-state index in [9.17, 15) is 5.11 Å². The standard InChI is InChI=1S/C11H22N2O3/c1-3-16-10-11(14)9-13(6-4-5-12)7-8-15-2/h11,14H,3-4,6-10H2,1-2H3. The summed E-state index contributed by atoms with van der Waals surface area (Å²) in [7, 11) is 1.64. The summed E-state index contributed by atoms with van der Waals surface area (Å²) in [5, 5.41) is 18.2. The molecule has 0 saturated heterocycles. The van der Waals surface area contributed by atoms with Crippen LogP contribution in [0.2, 0.25) is 0 Å². The highest BCUT2D eigenvalue weighted by Gasteiger charge is 2.11. The number of nitriles is 1. The molecular weight excluding hydrogens is 208 g/mol. The third-order valence-corrected chi connectivity index (χ3v) is 2.13. The summed E-state index contributed by atoms with van der Waals surface area (Å²) in [5.41, 5.74) is 0. The van der Waals surface area contributed by atoms with Crippen LogP contribution < -0.4 is 0 Å². The van der Waals surface area contributed by atoms with Crippen molar-refractivity contribution in [1.29, 1.82) is 5.26 Å². The van der Waals surface area contributed by atoms with E-state index in [1.807, 2.05) is 11.8 Å². The van der Waals surface area contributed by atoms with Crippen molar-refractivity contribution in [3.63, 3.8) is 0 Å². The Morgan fingerprint density at radius 1 is 1.44 bits per heavy atom. The van der Waals surface area contributed by atoms with E-state index in [0.29, 0.717) is 39.3 Å². The van der Waals surface area contributed by atoms with Crippen LogP contribution in [0.15, 0.2) is 0 Å². The van der Waals surface area contributed by atoms with Gasteiger partial charge < -0.3 is 14.6 Å². The van der Waals surface area contributed by atoms with Gasteiger partial charge in [0, 0.05) is 39.8 Å². The van der Waals surface area contributed by atoms with Crippen LogP contribution in [0, 0.1) is 11.3 Å². The molecule has 1 N–H and O–H groups in total. The third kappa shape index (κ3) is 8.62. The van der Waals surface area contributed by atoms with Gasteiger partial charge in [-0.2, -0.15) is 5.26 Å². The van der Waals surface area contributed by atoms with Crippen LogP contribution in [0.1, 0.15) is 13.3 Å². The van der Waals surface area contributed by atoms with Crippen LogP contribution in [0.25, 0.3) is 0 Å². The first-order chi connectivity index (χ1) is 7.74. The predicted molar refractivity (Wildman–Crippen MR) is 61.0 cm³/mol. The molecule has 0 rings (SSSR count). The van der Waals surface area contributed by atoms with Crippen LogP contribution in [0.4, 0.5) is 0 Å².